The average molecular weight is 391 g/mol. The van der Waals surface area contributed by atoms with Gasteiger partial charge in [0.25, 0.3) is 0 Å². The van der Waals surface area contributed by atoms with E-state index in [0.29, 0.717) is 16.8 Å². The molecule has 3 rings (SSSR count). The van der Waals surface area contributed by atoms with E-state index in [1.54, 1.807) is 6.07 Å². The van der Waals surface area contributed by atoms with Crippen molar-refractivity contribution in [2.45, 2.75) is 59.4 Å². The average Bonchev–Trinajstić information content (AvgIpc) is 2.79. The first-order valence-electron chi connectivity index (χ1n) is 9.04. The first-order valence-corrected chi connectivity index (χ1v) is 9.41. The highest BCUT2D eigenvalue weighted by Crippen LogP contribution is 2.36. The summed E-state index contributed by atoms with van der Waals surface area (Å²) < 4.78 is 32.3. The van der Waals surface area contributed by atoms with Crippen molar-refractivity contribution >= 4 is 24.2 Å². The Labute approximate surface area is 165 Å². The lowest BCUT2D eigenvalue weighted by molar-refractivity contribution is 0.00578. The van der Waals surface area contributed by atoms with Gasteiger partial charge < -0.3 is 14.0 Å². The summed E-state index contributed by atoms with van der Waals surface area (Å²) in [6.45, 7) is 11.9. The van der Waals surface area contributed by atoms with E-state index >= 15 is 0 Å². The van der Waals surface area contributed by atoms with Crippen LogP contribution in [0.2, 0.25) is 5.02 Å². The first-order chi connectivity index (χ1) is 12.5. The molecule has 0 N–H and O–H groups in total. The molecule has 1 saturated heterocycles. The molecule has 1 aliphatic rings. The van der Waals surface area contributed by atoms with Crippen molar-refractivity contribution in [2.75, 3.05) is 0 Å². The highest BCUT2D eigenvalue weighted by Gasteiger charge is 2.51. The lowest BCUT2D eigenvalue weighted by Crippen LogP contribution is -2.41. The van der Waals surface area contributed by atoms with E-state index in [2.05, 4.69) is 0 Å². The zero-order valence-corrected chi connectivity index (χ0v) is 17.4. The van der Waals surface area contributed by atoms with Crippen LogP contribution in [-0.4, -0.2) is 18.3 Å². The molecular formula is C21H25BClFO3. The molecule has 6 heteroatoms. The zero-order chi connectivity index (χ0) is 20.0. The molecule has 0 spiro atoms. The molecule has 1 aliphatic heterocycles. The summed E-state index contributed by atoms with van der Waals surface area (Å²) in [7, 11) is -0.582. The molecule has 0 saturated carbocycles. The summed E-state index contributed by atoms with van der Waals surface area (Å²) in [6.07, 6.45) is 0. The van der Waals surface area contributed by atoms with Crippen molar-refractivity contribution in [3.8, 4) is 5.75 Å². The van der Waals surface area contributed by atoms with Gasteiger partial charge in [0, 0.05) is 10.6 Å². The fourth-order valence-electron chi connectivity index (χ4n) is 2.96. The van der Waals surface area contributed by atoms with Gasteiger partial charge in [-0.15, -0.1) is 0 Å². The summed E-state index contributed by atoms with van der Waals surface area (Å²) >= 11 is 6.17. The highest BCUT2D eigenvalue weighted by molar-refractivity contribution is 6.62. The van der Waals surface area contributed by atoms with E-state index in [0.717, 1.165) is 16.1 Å². The Morgan fingerprint density at radius 2 is 1.56 bits per heavy atom. The molecule has 2 aromatic rings. The minimum absolute atomic E-state index is 0.135. The van der Waals surface area contributed by atoms with E-state index in [-0.39, 0.29) is 12.4 Å². The SMILES string of the molecule is Cc1cc(OCc2ccc(B3OC(C)(C)C(C)(C)O3)cc2F)cc(C)c1Cl. The predicted molar refractivity (Wildman–Crippen MR) is 107 cm³/mol. The molecule has 0 unspecified atom stereocenters. The number of halogens is 2. The van der Waals surface area contributed by atoms with Gasteiger partial charge in [-0.2, -0.15) is 0 Å². The molecule has 0 bridgehead atoms. The first kappa shape index (κ1) is 20.2. The van der Waals surface area contributed by atoms with Crippen LogP contribution in [-0.2, 0) is 15.9 Å². The van der Waals surface area contributed by atoms with Crippen molar-refractivity contribution in [1.82, 2.24) is 0 Å². The van der Waals surface area contributed by atoms with Crippen molar-refractivity contribution in [2.24, 2.45) is 0 Å². The smallest absolute Gasteiger partial charge is 0.489 e. The van der Waals surface area contributed by atoms with Crippen molar-refractivity contribution in [3.63, 3.8) is 0 Å². The van der Waals surface area contributed by atoms with Crippen molar-refractivity contribution < 1.29 is 18.4 Å². The standard InChI is InChI=1S/C21H25BClFO3/c1-13-9-17(10-14(2)19(13)23)25-12-15-7-8-16(11-18(15)24)22-26-20(3,4)21(5,6)27-22/h7-11H,12H2,1-6H3. The van der Waals surface area contributed by atoms with Crippen LogP contribution in [0.3, 0.4) is 0 Å². The Balaban J connectivity index is 1.73. The molecule has 0 aromatic heterocycles. The molecule has 27 heavy (non-hydrogen) atoms. The van der Waals surface area contributed by atoms with Gasteiger partial charge in [-0.05, 0) is 76.3 Å². The second kappa shape index (κ2) is 7.12. The molecule has 0 amide bonds. The summed E-state index contributed by atoms with van der Waals surface area (Å²) in [5, 5.41) is 0.722. The van der Waals surface area contributed by atoms with Crippen LogP contribution in [0.25, 0.3) is 0 Å². The molecule has 1 fully saturated rings. The van der Waals surface area contributed by atoms with Gasteiger partial charge in [0.2, 0.25) is 0 Å². The summed E-state index contributed by atoms with van der Waals surface area (Å²) in [5.41, 5.74) is 2.08. The monoisotopic (exact) mass is 390 g/mol. The van der Waals surface area contributed by atoms with Crippen LogP contribution in [0.1, 0.15) is 44.4 Å². The Morgan fingerprint density at radius 1 is 1.00 bits per heavy atom. The van der Waals surface area contributed by atoms with Crippen molar-refractivity contribution in [3.05, 3.63) is 57.9 Å². The largest absolute Gasteiger partial charge is 0.494 e. The third kappa shape index (κ3) is 4.01. The highest BCUT2D eigenvalue weighted by atomic mass is 35.5. The topological polar surface area (TPSA) is 27.7 Å². The summed E-state index contributed by atoms with van der Waals surface area (Å²) in [4.78, 5) is 0. The van der Waals surface area contributed by atoms with Gasteiger partial charge in [0.05, 0.1) is 11.2 Å². The predicted octanol–water partition coefficient (Wildman–Crippen LogP) is 4.97. The summed E-state index contributed by atoms with van der Waals surface area (Å²) in [5.74, 6) is 0.327. The quantitative estimate of drug-likeness (QED) is 0.690. The number of aryl methyl sites for hydroxylation is 2. The minimum Gasteiger partial charge on any atom is -0.489 e. The van der Waals surface area contributed by atoms with Crippen LogP contribution in [0.4, 0.5) is 4.39 Å². The number of ether oxygens (including phenoxy) is 1. The van der Waals surface area contributed by atoms with Gasteiger partial charge in [-0.1, -0.05) is 23.7 Å². The maximum Gasteiger partial charge on any atom is 0.494 e. The van der Waals surface area contributed by atoms with Crippen LogP contribution >= 0.6 is 11.6 Å². The maximum absolute atomic E-state index is 14.6. The lowest BCUT2D eigenvalue weighted by atomic mass is 9.79. The zero-order valence-electron chi connectivity index (χ0n) is 16.7. The van der Waals surface area contributed by atoms with Crippen molar-refractivity contribution in [1.29, 1.82) is 0 Å². The molecule has 0 radical (unpaired) electrons. The second-order valence-corrected chi connectivity index (χ2v) is 8.48. The van der Waals surface area contributed by atoms with Gasteiger partial charge in [0.1, 0.15) is 18.2 Å². The molecular weight excluding hydrogens is 365 g/mol. The fourth-order valence-corrected chi connectivity index (χ4v) is 3.07. The Bertz CT molecular complexity index is 827. The molecule has 144 valence electrons. The van der Waals surface area contributed by atoms with E-state index < -0.39 is 18.3 Å². The maximum atomic E-state index is 14.6. The Hall–Kier alpha value is -1.56. The van der Waals surface area contributed by atoms with Gasteiger partial charge in [0.15, 0.2) is 0 Å². The van der Waals surface area contributed by atoms with E-state index in [1.165, 1.54) is 6.07 Å². The number of hydrogen-bond donors (Lipinski definition) is 0. The van der Waals surface area contributed by atoms with E-state index in [4.69, 9.17) is 25.6 Å². The van der Waals surface area contributed by atoms with Crippen LogP contribution in [0, 0.1) is 19.7 Å². The fraction of sp³-hybridized carbons (Fsp3) is 0.429. The van der Waals surface area contributed by atoms with Crippen LogP contribution in [0.15, 0.2) is 30.3 Å². The lowest BCUT2D eigenvalue weighted by Gasteiger charge is -2.32. The van der Waals surface area contributed by atoms with Crippen LogP contribution < -0.4 is 10.2 Å². The van der Waals surface area contributed by atoms with Gasteiger partial charge >= 0.3 is 7.12 Å². The third-order valence-electron chi connectivity index (χ3n) is 5.41. The second-order valence-electron chi connectivity index (χ2n) is 8.10. The van der Waals surface area contributed by atoms with Gasteiger partial charge in [-0.25, -0.2) is 4.39 Å². The van der Waals surface area contributed by atoms with E-state index in [1.807, 2.05) is 59.7 Å². The minimum atomic E-state index is -0.582. The number of rotatable bonds is 4. The Kier molecular flexibility index (Phi) is 5.32. The molecule has 1 heterocycles. The normalized spacial score (nSPS) is 18.0. The molecule has 0 aliphatic carbocycles. The number of hydrogen-bond acceptors (Lipinski definition) is 3. The summed E-state index contributed by atoms with van der Waals surface area (Å²) in [6, 6.07) is 8.70. The third-order valence-corrected chi connectivity index (χ3v) is 6.00. The molecule has 2 aromatic carbocycles. The van der Waals surface area contributed by atoms with Crippen LogP contribution in [0.5, 0.6) is 5.75 Å². The van der Waals surface area contributed by atoms with E-state index in [9.17, 15) is 4.39 Å². The Morgan fingerprint density at radius 3 is 2.07 bits per heavy atom. The number of benzene rings is 2. The molecule has 0 atom stereocenters. The van der Waals surface area contributed by atoms with Gasteiger partial charge in [-0.3, -0.25) is 0 Å². The molecule has 3 nitrogen and oxygen atoms in total.